The second kappa shape index (κ2) is 2.98. The van der Waals surface area contributed by atoms with Gasteiger partial charge < -0.3 is 4.74 Å². The summed E-state index contributed by atoms with van der Waals surface area (Å²) < 4.78 is 5.03. The van der Waals surface area contributed by atoms with Crippen molar-refractivity contribution in [3.05, 3.63) is 11.3 Å². The van der Waals surface area contributed by atoms with Gasteiger partial charge in [0.05, 0.1) is 14.7 Å². The topological polar surface area (TPSA) is 26.3 Å². The normalized spacial score (nSPS) is 26.7. The Balaban J connectivity index is 2.63. The van der Waals surface area contributed by atoms with Crippen LogP contribution in [-0.2, 0) is 9.53 Å². The van der Waals surface area contributed by atoms with Gasteiger partial charge in [-0.2, -0.15) is 0 Å². The number of ether oxygens (including phenoxy) is 1. The zero-order valence-corrected chi connectivity index (χ0v) is 10.1. The molecule has 0 spiro atoms. The van der Waals surface area contributed by atoms with Crippen molar-refractivity contribution >= 4 is 14.0 Å². The molecule has 0 radical (unpaired) electrons. The van der Waals surface area contributed by atoms with Gasteiger partial charge in [-0.05, 0) is 13.8 Å². The summed E-state index contributed by atoms with van der Waals surface area (Å²) in [6, 6.07) is 0. The standard InChI is InChI=1S/C10H18O2Si/c1-6-12-9(11)10(2)7-8(10)13(3,4)5/h7H,6H2,1-5H3. The summed E-state index contributed by atoms with van der Waals surface area (Å²) in [5.41, 5.74) is -0.347. The third-order valence-electron chi connectivity index (χ3n) is 2.42. The molecule has 1 aliphatic rings. The molecule has 0 heterocycles. The Hall–Kier alpha value is -0.573. The van der Waals surface area contributed by atoms with E-state index >= 15 is 0 Å². The van der Waals surface area contributed by atoms with Gasteiger partial charge >= 0.3 is 5.97 Å². The summed E-state index contributed by atoms with van der Waals surface area (Å²) in [5, 5.41) is 1.33. The molecule has 0 saturated carbocycles. The van der Waals surface area contributed by atoms with E-state index in [1.165, 1.54) is 5.20 Å². The number of esters is 1. The van der Waals surface area contributed by atoms with Gasteiger partial charge in [0.2, 0.25) is 0 Å². The molecule has 0 aromatic carbocycles. The van der Waals surface area contributed by atoms with E-state index in [9.17, 15) is 4.79 Å². The summed E-state index contributed by atoms with van der Waals surface area (Å²) in [4.78, 5) is 11.5. The molecule has 13 heavy (non-hydrogen) atoms. The summed E-state index contributed by atoms with van der Waals surface area (Å²) in [6.45, 7) is 11.0. The highest BCUT2D eigenvalue weighted by Crippen LogP contribution is 2.49. The van der Waals surface area contributed by atoms with Crippen LogP contribution in [0.4, 0.5) is 0 Å². The lowest BCUT2D eigenvalue weighted by Crippen LogP contribution is -2.29. The van der Waals surface area contributed by atoms with Crippen LogP contribution in [0.2, 0.25) is 19.6 Å². The highest BCUT2D eigenvalue weighted by Gasteiger charge is 2.52. The number of hydrogen-bond donors (Lipinski definition) is 0. The van der Waals surface area contributed by atoms with Crippen LogP contribution in [-0.4, -0.2) is 20.7 Å². The van der Waals surface area contributed by atoms with Crippen molar-refractivity contribution in [1.29, 1.82) is 0 Å². The Morgan fingerprint density at radius 1 is 1.54 bits per heavy atom. The zero-order chi connectivity index (χ0) is 10.3. The van der Waals surface area contributed by atoms with Crippen molar-refractivity contribution in [3.63, 3.8) is 0 Å². The molecule has 0 fully saturated rings. The van der Waals surface area contributed by atoms with Crippen LogP contribution in [0, 0.1) is 5.41 Å². The molecule has 0 aromatic heterocycles. The number of carbonyl (C=O) groups excluding carboxylic acids is 1. The minimum atomic E-state index is -1.29. The molecule has 1 atom stereocenters. The minimum Gasteiger partial charge on any atom is -0.465 e. The first-order valence-electron chi connectivity index (χ1n) is 4.73. The quantitative estimate of drug-likeness (QED) is 0.514. The third kappa shape index (κ3) is 1.85. The van der Waals surface area contributed by atoms with E-state index in [0.717, 1.165) is 0 Å². The van der Waals surface area contributed by atoms with E-state index in [0.29, 0.717) is 6.61 Å². The van der Waals surface area contributed by atoms with Gasteiger partial charge in [0.25, 0.3) is 0 Å². The predicted octanol–water partition coefficient (Wildman–Crippen LogP) is 2.37. The second-order valence-corrected chi connectivity index (χ2v) is 9.77. The molecule has 0 amide bonds. The maximum absolute atomic E-state index is 11.5. The van der Waals surface area contributed by atoms with Gasteiger partial charge in [-0.3, -0.25) is 4.79 Å². The smallest absolute Gasteiger partial charge is 0.319 e. The highest BCUT2D eigenvalue weighted by atomic mass is 28.3. The molecule has 0 N–H and O–H groups in total. The van der Waals surface area contributed by atoms with Crippen LogP contribution >= 0.6 is 0 Å². The summed E-state index contributed by atoms with van der Waals surface area (Å²) in [6.07, 6.45) is 2.07. The SMILES string of the molecule is CCOC(=O)C1(C)C=C1[Si](C)(C)C. The maximum atomic E-state index is 11.5. The average molecular weight is 198 g/mol. The summed E-state index contributed by atoms with van der Waals surface area (Å²) in [5.74, 6) is -0.0765. The van der Waals surface area contributed by atoms with Crippen molar-refractivity contribution in [1.82, 2.24) is 0 Å². The fourth-order valence-corrected chi connectivity index (χ4v) is 4.08. The first-order valence-corrected chi connectivity index (χ1v) is 8.23. The van der Waals surface area contributed by atoms with Crippen LogP contribution in [0.3, 0.4) is 0 Å². The molecule has 0 bridgehead atoms. The Bertz CT molecular complexity index is 263. The lowest BCUT2D eigenvalue weighted by molar-refractivity contribution is -0.147. The predicted molar refractivity (Wildman–Crippen MR) is 56.2 cm³/mol. The molecule has 3 heteroatoms. The van der Waals surface area contributed by atoms with Crippen LogP contribution in [0.5, 0.6) is 0 Å². The maximum Gasteiger partial charge on any atom is 0.319 e. The molecular weight excluding hydrogens is 180 g/mol. The largest absolute Gasteiger partial charge is 0.465 e. The Kier molecular flexibility index (Phi) is 2.41. The monoisotopic (exact) mass is 198 g/mol. The van der Waals surface area contributed by atoms with Crippen molar-refractivity contribution in [2.24, 2.45) is 5.41 Å². The average Bonchev–Trinajstić information content (AvgIpc) is 2.63. The fraction of sp³-hybridized carbons (Fsp3) is 0.700. The molecule has 0 aliphatic heterocycles. The van der Waals surface area contributed by atoms with E-state index in [2.05, 4.69) is 25.7 Å². The Labute approximate surface area is 81.0 Å². The molecular formula is C10H18O2Si. The fourth-order valence-electron chi connectivity index (χ4n) is 1.70. The molecule has 1 rings (SSSR count). The van der Waals surface area contributed by atoms with Crippen LogP contribution in [0.1, 0.15) is 13.8 Å². The molecule has 2 nitrogen and oxygen atoms in total. The van der Waals surface area contributed by atoms with Gasteiger partial charge in [0.15, 0.2) is 0 Å². The van der Waals surface area contributed by atoms with Gasteiger partial charge in [0, 0.05) is 0 Å². The van der Waals surface area contributed by atoms with E-state index in [4.69, 9.17) is 4.74 Å². The molecule has 1 aliphatic carbocycles. The van der Waals surface area contributed by atoms with Crippen molar-refractivity contribution in [3.8, 4) is 0 Å². The van der Waals surface area contributed by atoms with Crippen molar-refractivity contribution in [2.45, 2.75) is 33.5 Å². The number of hydrogen-bond acceptors (Lipinski definition) is 2. The lowest BCUT2D eigenvalue weighted by Gasteiger charge is -2.18. The van der Waals surface area contributed by atoms with Gasteiger partial charge in [-0.25, -0.2) is 0 Å². The molecule has 74 valence electrons. The van der Waals surface area contributed by atoms with Crippen LogP contribution < -0.4 is 0 Å². The van der Waals surface area contributed by atoms with Crippen LogP contribution in [0.15, 0.2) is 11.3 Å². The van der Waals surface area contributed by atoms with E-state index in [1.807, 2.05) is 13.8 Å². The van der Waals surface area contributed by atoms with E-state index in [1.54, 1.807) is 0 Å². The van der Waals surface area contributed by atoms with Gasteiger partial charge in [0.1, 0.15) is 5.41 Å². The summed E-state index contributed by atoms with van der Waals surface area (Å²) in [7, 11) is -1.29. The molecule has 1 unspecified atom stereocenters. The summed E-state index contributed by atoms with van der Waals surface area (Å²) >= 11 is 0. The van der Waals surface area contributed by atoms with E-state index < -0.39 is 8.07 Å². The van der Waals surface area contributed by atoms with Gasteiger partial charge in [-0.1, -0.05) is 30.9 Å². The zero-order valence-electron chi connectivity index (χ0n) is 9.10. The Morgan fingerprint density at radius 2 is 2.08 bits per heavy atom. The third-order valence-corrected chi connectivity index (χ3v) is 4.70. The van der Waals surface area contributed by atoms with Crippen LogP contribution in [0.25, 0.3) is 0 Å². The first-order chi connectivity index (χ1) is 5.82. The highest BCUT2D eigenvalue weighted by molar-refractivity contribution is 6.85. The van der Waals surface area contributed by atoms with Gasteiger partial charge in [-0.15, -0.1) is 0 Å². The van der Waals surface area contributed by atoms with Crippen molar-refractivity contribution in [2.75, 3.05) is 6.61 Å². The van der Waals surface area contributed by atoms with Crippen molar-refractivity contribution < 1.29 is 9.53 Å². The number of carbonyl (C=O) groups is 1. The van der Waals surface area contributed by atoms with E-state index in [-0.39, 0.29) is 11.4 Å². The second-order valence-electron chi connectivity index (χ2n) is 4.73. The lowest BCUT2D eigenvalue weighted by atomic mass is 10.1. The first kappa shape index (κ1) is 10.5. The Morgan fingerprint density at radius 3 is 2.38 bits per heavy atom. The molecule has 0 aromatic rings. The molecule has 0 saturated heterocycles. The number of rotatable bonds is 3. The minimum absolute atomic E-state index is 0.0765.